The van der Waals surface area contributed by atoms with Crippen LogP contribution in [0.25, 0.3) is 99.2 Å². The molecule has 3 heterocycles. The highest BCUT2D eigenvalue weighted by Gasteiger charge is 2.19. The first-order valence-corrected chi connectivity index (χ1v) is 15.2. The molecule has 3 aromatic heterocycles. The van der Waals surface area contributed by atoms with Crippen molar-refractivity contribution in [3.05, 3.63) is 146 Å². The second-order valence-corrected chi connectivity index (χ2v) is 11.6. The van der Waals surface area contributed by atoms with Crippen LogP contribution in [0.2, 0.25) is 0 Å². The Morgan fingerprint density at radius 3 is 0.889 bits per heavy atom. The Bertz CT molecular complexity index is 2450. The molecule has 0 amide bonds. The Morgan fingerprint density at radius 2 is 0.556 bits per heavy atom. The highest BCUT2D eigenvalue weighted by molar-refractivity contribution is 6.13. The maximum Gasteiger partial charge on any atom is 0.143 e. The molecule has 0 aliphatic rings. The minimum absolute atomic E-state index is 0.880. The number of benzene rings is 7. The Morgan fingerprint density at radius 1 is 0.267 bits per heavy atom. The number of hydrogen-bond donors (Lipinski definition) is 0. The lowest BCUT2D eigenvalue weighted by molar-refractivity contribution is 0.670. The number of hydrogen-bond acceptors (Lipinski definition) is 3. The molecule has 0 fully saturated rings. The van der Waals surface area contributed by atoms with Gasteiger partial charge in [0.2, 0.25) is 0 Å². The van der Waals surface area contributed by atoms with E-state index >= 15 is 0 Å². The SMILES string of the molecule is c1ccc2c(c1)oc1c(-c3cc(-c4cccc5c4oc4ccccc45)cc(-c4cccc5c4oc4ccccc45)c3)cccc12. The van der Waals surface area contributed by atoms with Gasteiger partial charge in [-0.1, -0.05) is 109 Å². The maximum absolute atomic E-state index is 6.51. The first-order valence-electron chi connectivity index (χ1n) is 15.2. The highest BCUT2D eigenvalue weighted by atomic mass is 16.3. The third-order valence-corrected chi connectivity index (χ3v) is 9.08. The van der Waals surface area contributed by atoms with E-state index in [1.54, 1.807) is 0 Å². The van der Waals surface area contributed by atoms with Crippen LogP contribution in [0.4, 0.5) is 0 Å². The van der Waals surface area contributed by atoms with E-state index in [1.807, 2.05) is 36.4 Å². The van der Waals surface area contributed by atoms with Gasteiger partial charge < -0.3 is 13.3 Å². The van der Waals surface area contributed by atoms with Gasteiger partial charge in [-0.2, -0.15) is 0 Å². The molecule has 45 heavy (non-hydrogen) atoms. The summed E-state index contributed by atoms with van der Waals surface area (Å²) >= 11 is 0. The van der Waals surface area contributed by atoms with Crippen molar-refractivity contribution < 1.29 is 13.3 Å². The van der Waals surface area contributed by atoms with E-state index in [4.69, 9.17) is 13.3 Å². The maximum atomic E-state index is 6.51. The van der Waals surface area contributed by atoms with Gasteiger partial charge in [-0.15, -0.1) is 0 Å². The number of para-hydroxylation sites is 6. The average molecular weight is 577 g/mol. The van der Waals surface area contributed by atoms with Gasteiger partial charge in [-0.05, 0) is 53.1 Å². The Kier molecular flexibility index (Phi) is 5.00. The second kappa shape index (κ2) is 9.22. The molecule has 0 bridgehead atoms. The Balaban J connectivity index is 1.29. The summed E-state index contributed by atoms with van der Waals surface area (Å²) in [6.45, 7) is 0. The molecule has 10 rings (SSSR count). The molecule has 0 aliphatic carbocycles. The van der Waals surface area contributed by atoms with Gasteiger partial charge in [0.05, 0.1) is 0 Å². The van der Waals surface area contributed by atoms with Crippen molar-refractivity contribution >= 4 is 65.8 Å². The fraction of sp³-hybridized carbons (Fsp3) is 0. The molecule has 7 aromatic carbocycles. The first kappa shape index (κ1) is 24.4. The van der Waals surface area contributed by atoms with Crippen LogP contribution in [-0.4, -0.2) is 0 Å². The number of fused-ring (bicyclic) bond motifs is 9. The van der Waals surface area contributed by atoms with E-state index in [0.29, 0.717) is 0 Å². The van der Waals surface area contributed by atoms with E-state index in [1.165, 1.54) is 0 Å². The molecule has 0 radical (unpaired) electrons. The Labute approximate surface area is 257 Å². The summed E-state index contributed by atoms with van der Waals surface area (Å²) in [7, 11) is 0. The van der Waals surface area contributed by atoms with Crippen molar-refractivity contribution in [1.82, 2.24) is 0 Å². The molecule has 10 aromatic rings. The lowest BCUT2D eigenvalue weighted by Crippen LogP contribution is -1.88. The number of rotatable bonds is 3. The lowest BCUT2D eigenvalue weighted by Gasteiger charge is -2.12. The van der Waals surface area contributed by atoms with Crippen molar-refractivity contribution in [2.75, 3.05) is 0 Å². The molecule has 3 nitrogen and oxygen atoms in total. The largest absolute Gasteiger partial charge is 0.455 e. The van der Waals surface area contributed by atoms with Crippen molar-refractivity contribution in [2.45, 2.75) is 0 Å². The molecule has 0 saturated heterocycles. The fourth-order valence-corrected chi connectivity index (χ4v) is 7.02. The zero-order valence-electron chi connectivity index (χ0n) is 24.1. The van der Waals surface area contributed by atoms with E-state index in [9.17, 15) is 0 Å². The topological polar surface area (TPSA) is 39.4 Å². The van der Waals surface area contributed by atoms with Gasteiger partial charge in [0.1, 0.15) is 33.5 Å². The van der Waals surface area contributed by atoms with Gasteiger partial charge in [-0.3, -0.25) is 0 Å². The van der Waals surface area contributed by atoms with Gasteiger partial charge in [0, 0.05) is 49.0 Å². The summed E-state index contributed by atoms with van der Waals surface area (Å²) in [6.07, 6.45) is 0. The smallest absolute Gasteiger partial charge is 0.143 e. The van der Waals surface area contributed by atoms with Crippen LogP contribution in [0.5, 0.6) is 0 Å². The van der Waals surface area contributed by atoms with Crippen LogP contribution in [0.3, 0.4) is 0 Å². The molecule has 0 aliphatic heterocycles. The molecule has 3 heteroatoms. The van der Waals surface area contributed by atoms with Gasteiger partial charge >= 0.3 is 0 Å². The average Bonchev–Trinajstić information content (AvgIpc) is 3.79. The predicted octanol–water partition coefficient (Wildman–Crippen LogP) is 12.4. The molecule has 0 saturated carbocycles. The molecular weight excluding hydrogens is 552 g/mol. The summed E-state index contributed by atoms with van der Waals surface area (Å²) in [5.41, 5.74) is 11.6. The molecule has 0 N–H and O–H groups in total. The standard InChI is InChI=1S/C42H24O3/c1-4-19-37-31(10-1)34-16-7-13-28(40(34)43-37)25-22-26(29-14-8-17-35-32-11-2-5-20-38(32)44-41(29)35)24-27(23-25)30-15-9-18-36-33-12-3-6-21-39(33)45-42(30)36/h1-24H. The fourth-order valence-electron chi connectivity index (χ4n) is 7.02. The van der Waals surface area contributed by atoms with Crippen molar-refractivity contribution in [3.63, 3.8) is 0 Å². The monoisotopic (exact) mass is 576 g/mol. The van der Waals surface area contributed by atoms with Gasteiger partial charge in [0.15, 0.2) is 0 Å². The van der Waals surface area contributed by atoms with Crippen LogP contribution in [-0.2, 0) is 0 Å². The zero-order valence-corrected chi connectivity index (χ0v) is 24.1. The van der Waals surface area contributed by atoms with E-state index in [-0.39, 0.29) is 0 Å². The van der Waals surface area contributed by atoms with Gasteiger partial charge in [0.25, 0.3) is 0 Å². The highest BCUT2D eigenvalue weighted by Crippen LogP contribution is 2.43. The summed E-state index contributed by atoms with van der Waals surface area (Å²) in [4.78, 5) is 0. The first-order chi connectivity index (χ1) is 22.3. The van der Waals surface area contributed by atoms with E-state index in [2.05, 4.69) is 109 Å². The Hall–Kier alpha value is -6.06. The van der Waals surface area contributed by atoms with Crippen LogP contribution in [0, 0.1) is 0 Å². The summed E-state index contributed by atoms with van der Waals surface area (Å²) < 4.78 is 19.5. The quantitative estimate of drug-likeness (QED) is 0.210. The van der Waals surface area contributed by atoms with Crippen molar-refractivity contribution in [1.29, 1.82) is 0 Å². The third kappa shape index (κ3) is 3.58. The summed E-state index contributed by atoms with van der Waals surface area (Å²) in [5.74, 6) is 0. The summed E-state index contributed by atoms with van der Waals surface area (Å²) in [5, 5.41) is 6.66. The second-order valence-electron chi connectivity index (χ2n) is 11.6. The van der Waals surface area contributed by atoms with Crippen LogP contribution < -0.4 is 0 Å². The molecule has 0 atom stereocenters. The van der Waals surface area contributed by atoms with Crippen LogP contribution >= 0.6 is 0 Å². The zero-order chi connectivity index (χ0) is 29.5. The molecular formula is C42H24O3. The lowest BCUT2D eigenvalue weighted by atomic mass is 9.91. The van der Waals surface area contributed by atoms with Crippen molar-refractivity contribution in [2.24, 2.45) is 0 Å². The predicted molar refractivity (Wildman–Crippen MR) is 185 cm³/mol. The normalized spacial score (nSPS) is 12.0. The van der Waals surface area contributed by atoms with E-state index in [0.717, 1.165) is 99.2 Å². The van der Waals surface area contributed by atoms with Gasteiger partial charge in [-0.25, -0.2) is 0 Å². The minimum atomic E-state index is 0.880. The summed E-state index contributed by atoms with van der Waals surface area (Å²) in [6, 6.07) is 50.7. The molecule has 0 unspecified atom stereocenters. The minimum Gasteiger partial charge on any atom is -0.455 e. The van der Waals surface area contributed by atoms with Crippen LogP contribution in [0.15, 0.2) is 159 Å². The third-order valence-electron chi connectivity index (χ3n) is 9.08. The van der Waals surface area contributed by atoms with Crippen molar-refractivity contribution in [3.8, 4) is 33.4 Å². The van der Waals surface area contributed by atoms with E-state index < -0.39 is 0 Å². The number of furan rings is 3. The molecule has 0 spiro atoms. The molecule has 210 valence electrons. The van der Waals surface area contributed by atoms with Crippen LogP contribution in [0.1, 0.15) is 0 Å².